The van der Waals surface area contributed by atoms with E-state index in [1.807, 2.05) is 0 Å². The van der Waals surface area contributed by atoms with Crippen molar-refractivity contribution in [1.29, 1.82) is 0 Å². The normalized spacial score (nSPS) is 10.5. The number of anilines is 3. The zero-order valence-corrected chi connectivity index (χ0v) is 13.3. The monoisotopic (exact) mass is 376 g/mol. The Kier molecular flexibility index (Phi) is 5.80. The fourth-order valence-electron chi connectivity index (χ4n) is 1.94. The molecule has 0 aliphatic carbocycles. The van der Waals surface area contributed by atoms with E-state index in [2.05, 4.69) is 20.4 Å². The van der Waals surface area contributed by atoms with Gasteiger partial charge in [0.1, 0.15) is 11.6 Å². The van der Waals surface area contributed by atoms with Gasteiger partial charge in [0.2, 0.25) is 5.82 Å². The summed E-state index contributed by atoms with van der Waals surface area (Å²) in [7, 11) is 0. The van der Waals surface area contributed by atoms with Gasteiger partial charge in [0, 0.05) is 12.1 Å². The molecule has 0 spiro atoms. The molecule has 0 aliphatic rings. The summed E-state index contributed by atoms with van der Waals surface area (Å²) in [6.45, 7) is 1.01. The van der Waals surface area contributed by atoms with Crippen LogP contribution in [-0.4, -0.2) is 17.7 Å². The van der Waals surface area contributed by atoms with Gasteiger partial charge in [-0.3, -0.25) is 5.32 Å². The second kappa shape index (κ2) is 7.85. The number of carbonyl (C=O) groups is 1. The number of rotatable bonds is 5. The van der Waals surface area contributed by atoms with Crippen molar-refractivity contribution >= 4 is 23.4 Å². The number of benzene rings is 1. The highest BCUT2D eigenvalue weighted by molar-refractivity contribution is 5.88. The molecule has 4 N–H and O–H groups in total. The summed E-state index contributed by atoms with van der Waals surface area (Å²) in [5.74, 6) is -10.4. The Morgan fingerprint density at radius 1 is 1.08 bits per heavy atom. The second-order valence-electron chi connectivity index (χ2n) is 4.88. The molecule has 140 valence electrons. The van der Waals surface area contributed by atoms with Crippen LogP contribution in [0.3, 0.4) is 0 Å². The molecule has 26 heavy (non-hydrogen) atoms. The number of hydrogen-bond acceptors (Lipinski definition) is 5. The van der Waals surface area contributed by atoms with Crippen LogP contribution in [0.1, 0.15) is 12.5 Å². The third kappa shape index (κ3) is 3.92. The van der Waals surface area contributed by atoms with Gasteiger partial charge in [-0.25, -0.2) is 31.7 Å². The van der Waals surface area contributed by atoms with E-state index in [0.717, 1.165) is 0 Å². The van der Waals surface area contributed by atoms with E-state index >= 15 is 0 Å². The number of ether oxygens (including phenoxy) is 1. The van der Waals surface area contributed by atoms with Crippen molar-refractivity contribution in [3.63, 3.8) is 0 Å². The highest BCUT2D eigenvalue weighted by Crippen LogP contribution is 2.24. The van der Waals surface area contributed by atoms with Gasteiger partial charge in [-0.1, -0.05) is 0 Å². The van der Waals surface area contributed by atoms with Gasteiger partial charge >= 0.3 is 6.09 Å². The summed E-state index contributed by atoms with van der Waals surface area (Å²) in [6, 6.07) is 2.60. The first-order chi connectivity index (χ1) is 12.3. The van der Waals surface area contributed by atoms with E-state index in [-0.39, 0.29) is 23.9 Å². The molecule has 0 saturated carbocycles. The lowest BCUT2D eigenvalue weighted by Crippen LogP contribution is -2.15. The van der Waals surface area contributed by atoms with Crippen LogP contribution in [0.2, 0.25) is 0 Å². The van der Waals surface area contributed by atoms with Crippen LogP contribution in [0, 0.1) is 29.1 Å². The van der Waals surface area contributed by atoms with Crippen molar-refractivity contribution in [3.8, 4) is 0 Å². The molecule has 0 atom stereocenters. The lowest BCUT2D eigenvalue weighted by Gasteiger charge is -2.12. The Labute approximate surface area is 144 Å². The molecule has 0 fully saturated rings. The Hall–Kier alpha value is -3.11. The van der Waals surface area contributed by atoms with Gasteiger partial charge in [0.25, 0.3) is 0 Å². The third-order valence-electron chi connectivity index (χ3n) is 3.18. The SMILES string of the molecule is CCOC(=O)Nc1ccc(NCc2c(F)c(F)c(F)c(F)c2F)nc1N. The predicted octanol–water partition coefficient (Wildman–Crippen LogP) is 3.54. The van der Waals surface area contributed by atoms with Crippen molar-refractivity contribution in [1.82, 2.24) is 4.98 Å². The zero-order valence-electron chi connectivity index (χ0n) is 13.3. The van der Waals surface area contributed by atoms with Crippen molar-refractivity contribution in [3.05, 3.63) is 46.8 Å². The minimum atomic E-state index is -2.24. The number of aromatic nitrogens is 1. The van der Waals surface area contributed by atoms with Crippen LogP contribution in [0.5, 0.6) is 0 Å². The van der Waals surface area contributed by atoms with Crippen molar-refractivity contribution in [2.45, 2.75) is 13.5 Å². The molecule has 1 aromatic heterocycles. The van der Waals surface area contributed by atoms with Gasteiger partial charge in [-0.2, -0.15) is 0 Å². The molecule has 6 nitrogen and oxygen atoms in total. The molecule has 2 rings (SSSR count). The van der Waals surface area contributed by atoms with Crippen LogP contribution in [0.15, 0.2) is 12.1 Å². The summed E-state index contributed by atoms with van der Waals surface area (Å²) in [6.07, 6.45) is -0.761. The van der Waals surface area contributed by atoms with Gasteiger partial charge in [-0.05, 0) is 19.1 Å². The lowest BCUT2D eigenvalue weighted by molar-refractivity contribution is 0.168. The molecule has 1 heterocycles. The molecular weight excluding hydrogens is 363 g/mol. The Morgan fingerprint density at radius 3 is 2.19 bits per heavy atom. The van der Waals surface area contributed by atoms with E-state index in [9.17, 15) is 26.7 Å². The third-order valence-corrected chi connectivity index (χ3v) is 3.18. The number of nitrogens with zero attached hydrogens (tertiary/aromatic N) is 1. The van der Waals surface area contributed by atoms with Crippen LogP contribution >= 0.6 is 0 Å². The molecule has 1 amide bonds. The Balaban J connectivity index is 2.16. The smallest absolute Gasteiger partial charge is 0.411 e. The average molecular weight is 376 g/mol. The van der Waals surface area contributed by atoms with Gasteiger partial charge in [-0.15, -0.1) is 0 Å². The van der Waals surface area contributed by atoms with Crippen LogP contribution in [-0.2, 0) is 11.3 Å². The second-order valence-corrected chi connectivity index (χ2v) is 4.88. The van der Waals surface area contributed by atoms with E-state index < -0.39 is 47.3 Å². The van der Waals surface area contributed by atoms with E-state index in [0.29, 0.717) is 0 Å². The molecule has 0 unspecified atom stereocenters. The van der Waals surface area contributed by atoms with Gasteiger partial charge in [0.15, 0.2) is 23.3 Å². The molecule has 11 heteroatoms. The summed E-state index contributed by atoms with van der Waals surface area (Å²) in [5.41, 5.74) is 4.69. The molecule has 2 aromatic rings. The zero-order chi connectivity index (χ0) is 19.4. The van der Waals surface area contributed by atoms with Crippen molar-refractivity contribution in [2.24, 2.45) is 0 Å². The van der Waals surface area contributed by atoms with E-state index in [4.69, 9.17) is 5.73 Å². The number of amides is 1. The number of hydrogen-bond donors (Lipinski definition) is 3. The van der Waals surface area contributed by atoms with Crippen molar-refractivity contribution < 1.29 is 31.5 Å². The number of halogens is 5. The molecule has 0 saturated heterocycles. The van der Waals surface area contributed by atoms with Gasteiger partial charge < -0.3 is 15.8 Å². The van der Waals surface area contributed by atoms with Gasteiger partial charge in [0.05, 0.1) is 12.3 Å². The summed E-state index contributed by atoms with van der Waals surface area (Å²) in [4.78, 5) is 15.1. The maximum absolute atomic E-state index is 13.6. The maximum Gasteiger partial charge on any atom is 0.411 e. The molecule has 0 aliphatic heterocycles. The van der Waals surface area contributed by atoms with E-state index in [1.165, 1.54) is 12.1 Å². The quantitative estimate of drug-likeness (QED) is 0.422. The summed E-state index contributed by atoms with van der Waals surface area (Å²) in [5, 5.41) is 4.71. The number of nitrogens with two attached hydrogens (primary N) is 1. The topological polar surface area (TPSA) is 89.3 Å². The highest BCUT2D eigenvalue weighted by atomic mass is 19.2. The fraction of sp³-hybridized carbons (Fsp3) is 0.200. The maximum atomic E-state index is 13.6. The summed E-state index contributed by atoms with van der Waals surface area (Å²) < 4.78 is 71.2. The van der Waals surface area contributed by atoms with Crippen LogP contribution < -0.4 is 16.4 Å². The number of nitrogen functional groups attached to an aromatic ring is 1. The summed E-state index contributed by atoms with van der Waals surface area (Å²) >= 11 is 0. The minimum absolute atomic E-state index is 0.0131. The Morgan fingerprint density at radius 2 is 1.65 bits per heavy atom. The predicted molar refractivity (Wildman–Crippen MR) is 82.9 cm³/mol. The number of pyridine rings is 1. The first-order valence-corrected chi connectivity index (χ1v) is 7.20. The van der Waals surface area contributed by atoms with Crippen molar-refractivity contribution in [2.75, 3.05) is 23.0 Å². The molecule has 1 aromatic carbocycles. The van der Waals surface area contributed by atoms with Crippen LogP contribution in [0.25, 0.3) is 0 Å². The van der Waals surface area contributed by atoms with E-state index in [1.54, 1.807) is 6.92 Å². The first kappa shape index (κ1) is 19.2. The average Bonchev–Trinajstić information content (AvgIpc) is 2.60. The lowest BCUT2D eigenvalue weighted by atomic mass is 10.1. The minimum Gasteiger partial charge on any atom is -0.450 e. The first-order valence-electron chi connectivity index (χ1n) is 7.20. The molecule has 0 radical (unpaired) electrons. The fourth-order valence-corrected chi connectivity index (χ4v) is 1.94. The molecule has 0 bridgehead atoms. The largest absolute Gasteiger partial charge is 0.450 e. The Bertz CT molecular complexity index is 818. The number of carbonyl (C=O) groups excluding carboxylic acids is 1. The van der Waals surface area contributed by atoms with Crippen LogP contribution in [0.4, 0.5) is 44.1 Å². The highest BCUT2D eigenvalue weighted by Gasteiger charge is 2.25. The number of nitrogens with one attached hydrogen (secondary N) is 2. The molecular formula is C15H13F5N4O2. The standard InChI is InChI=1S/C15H13F5N4O2/c1-2-26-15(25)23-7-3-4-8(24-14(7)21)22-5-6-9(16)11(18)13(20)12(19)10(6)17/h3-4H,2,5H2,1H3,(H,23,25)(H3,21,22,24).